The van der Waals surface area contributed by atoms with Gasteiger partial charge in [0.05, 0.1) is 25.6 Å². The van der Waals surface area contributed by atoms with Crippen molar-refractivity contribution in [1.29, 1.82) is 0 Å². The molecule has 6 nitrogen and oxygen atoms in total. The number of rotatable bonds is 6. The van der Waals surface area contributed by atoms with E-state index in [0.29, 0.717) is 24.9 Å². The van der Waals surface area contributed by atoms with Crippen molar-refractivity contribution in [3.8, 4) is 5.88 Å². The molecule has 0 amide bonds. The van der Waals surface area contributed by atoms with Gasteiger partial charge in [0.25, 0.3) is 0 Å². The molecular formula is C11H17N3O3. The second kappa shape index (κ2) is 6.67. The third-order valence-corrected chi connectivity index (χ3v) is 1.91. The van der Waals surface area contributed by atoms with Gasteiger partial charge in [0, 0.05) is 0 Å². The third-order valence-electron chi connectivity index (χ3n) is 1.91. The molecule has 0 spiro atoms. The number of hydrogen-bond acceptors (Lipinski definition) is 6. The van der Waals surface area contributed by atoms with Crippen LogP contribution in [0.2, 0.25) is 0 Å². The third kappa shape index (κ3) is 4.26. The van der Waals surface area contributed by atoms with Gasteiger partial charge in [-0.05, 0) is 20.8 Å². The Morgan fingerprint density at radius 2 is 2.18 bits per heavy atom. The molecule has 6 heteroatoms. The Morgan fingerprint density at radius 1 is 1.41 bits per heavy atom. The van der Waals surface area contributed by atoms with E-state index in [1.165, 1.54) is 12.4 Å². The number of nitrogens with one attached hydrogen (secondary N) is 1. The number of esters is 1. The average molecular weight is 239 g/mol. The van der Waals surface area contributed by atoms with Crippen molar-refractivity contribution in [2.24, 2.45) is 0 Å². The first kappa shape index (κ1) is 13.2. The van der Waals surface area contributed by atoms with Gasteiger partial charge in [-0.3, -0.25) is 4.98 Å². The van der Waals surface area contributed by atoms with Gasteiger partial charge in [0.2, 0.25) is 5.88 Å². The molecule has 0 aliphatic heterocycles. The fraction of sp³-hybridized carbons (Fsp3) is 0.545. The molecule has 1 heterocycles. The average Bonchev–Trinajstić information content (AvgIpc) is 2.30. The quantitative estimate of drug-likeness (QED) is 0.753. The summed E-state index contributed by atoms with van der Waals surface area (Å²) in [7, 11) is 0. The Morgan fingerprint density at radius 3 is 2.82 bits per heavy atom. The normalized spacial score (nSPS) is 11.7. The number of anilines is 1. The molecule has 1 rings (SSSR count). The van der Waals surface area contributed by atoms with Gasteiger partial charge in [-0.15, -0.1) is 0 Å². The summed E-state index contributed by atoms with van der Waals surface area (Å²) in [6.07, 6.45) is 3.04. The van der Waals surface area contributed by atoms with Crippen LogP contribution in [0.5, 0.6) is 5.88 Å². The molecule has 17 heavy (non-hydrogen) atoms. The minimum Gasteiger partial charge on any atom is -0.477 e. The van der Waals surface area contributed by atoms with Crippen LogP contribution in [0, 0.1) is 0 Å². The van der Waals surface area contributed by atoms with Crippen LogP contribution >= 0.6 is 0 Å². The molecule has 0 aliphatic carbocycles. The molecule has 0 saturated carbocycles. The largest absolute Gasteiger partial charge is 0.477 e. The number of aromatic nitrogens is 2. The maximum atomic E-state index is 11.4. The van der Waals surface area contributed by atoms with Gasteiger partial charge in [0.15, 0.2) is 0 Å². The molecular weight excluding hydrogens is 222 g/mol. The predicted octanol–water partition coefficient (Wildman–Crippen LogP) is 1.24. The fourth-order valence-corrected chi connectivity index (χ4v) is 1.18. The molecule has 0 radical (unpaired) electrons. The summed E-state index contributed by atoms with van der Waals surface area (Å²) in [5.41, 5.74) is 0. The maximum absolute atomic E-state index is 11.4. The Hall–Kier alpha value is -1.85. The van der Waals surface area contributed by atoms with Crippen LogP contribution in [0.4, 0.5) is 5.82 Å². The molecule has 1 aromatic rings. The van der Waals surface area contributed by atoms with Crippen LogP contribution in [0.25, 0.3) is 0 Å². The van der Waals surface area contributed by atoms with E-state index in [2.05, 4.69) is 15.3 Å². The van der Waals surface area contributed by atoms with E-state index in [-0.39, 0.29) is 5.97 Å². The zero-order chi connectivity index (χ0) is 12.7. The Balaban J connectivity index is 2.61. The van der Waals surface area contributed by atoms with Crippen molar-refractivity contribution in [2.75, 3.05) is 18.5 Å². The van der Waals surface area contributed by atoms with Crippen molar-refractivity contribution < 1.29 is 14.3 Å². The number of hydrogen-bond donors (Lipinski definition) is 1. The minimum atomic E-state index is -0.471. The standard InChI is InChI=1S/C11H17N3O3/c1-4-16-10-7-12-6-9(14-10)13-8(3)11(15)17-5-2/h6-8H,4-5H2,1-3H3,(H,13,14). The first-order valence-electron chi connectivity index (χ1n) is 5.55. The number of ether oxygens (including phenoxy) is 2. The summed E-state index contributed by atoms with van der Waals surface area (Å²) in [5, 5.41) is 2.90. The molecule has 1 aromatic heterocycles. The van der Waals surface area contributed by atoms with Crippen LogP contribution in [0.15, 0.2) is 12.4 Å². The first-order chi connectivity index (χ1) is 8.17. The zero-order valence-corrected chi connectivity index (χ0v) is 10.3. The highest BCUT2D eigenvalue weighted by atomic mass is 16.5. The van der Waals surface area contributed by atoms with Crippen molar-refractivity contribution in [1.82, 2.24) is 9.97 Å². The lowest BCUT2D eigenvalue weighted by molar-refractivity contribution is -0.143. The van der Waals surface area contributed by atoms with E-state index in [4.69, 9.17) is 9.47 Å². The molecule has 1 N–H and O–H groups in total. The molecule has 0 bridgehead atoms. The summed E-state index contributed by atoms with van der Waals surface area (Å²) >= 11 is 0. The topological polar surface area (TPSA) is 73.3 Å². The van der Waals surface area contributed by atoms with Gasteiger partial charge in [-0.2, -0.15) is 4.98 Å². The maximum Gasteiger partial charge on any atom is 0.328 e. The molecule has 1 unspecified atom stereocenters. The smallest absolute Gasteiger partial charge is 0.328 e. The summed E-state index contributed by atoms with van der Waals surface area (Å²) in [4.78, 5) is 19.5. The van der Waals surface area contributed by atoms with Crippen LogP contribution in [0.1, 0.15) is 20.8 Å². The summed E-state index contributed by atoms with van der Waals surface area (Å²) in [5.74, 6) is 0.584. The number of carbonyl (C=O) groups is 1. The Labute approximate surface area is 100 Å². The lowest BCUT2D eigenvalue weighted by Crippen LogP contribution is -2.28. The monoisotopic (exact) mass is 239 g/mol. The molecule has 0 fully saturated rings. The van der Waals surface area contributed by atoms with Gasteiger partial charge >= 0.3 is 5.97 Å². The predicted molar refractivity (Wildman–Crippen MR) is 62.9 cm³/mol. The van der Waals surface area contributed by atoms with Crippen LogP contribution in [0.3, 0.4) is 0 Å². The van der Waals surface area contributed by atoms with Crippen molar-refractivity contribution in [3.05, 3.63) is 12.4 Å². The SMILES string of the molecule is CCOC(=O)C(C)Nc1cncc(OCC)n1. The highest BCUT2D eigenvalue weighted by molar-refractivity contribution is 5.78. The highest BCUT2D eigenvalue weighted by Crippen LogP contribution is 2.10. The van der Waals surface area contributed by atoms with Crippen LogP contribution in [-0.2, 0) is 9.53 Å². The lowest BCUT2D eigenvalue weighted by Gasteiger charge is -2.13. The fourth-order valence-electron chi connectivity index (χ4n) is 1.18. The van der Waals surface area contributed by atoms with Gasteiger partial charge < -0.3 is 14.8 Å². The van der Waals surface area contributed by atoms with E-state index in [1.54, 1.807) is 13.8 Å². The van der Waals surface area contributed by atoms with Gasteiger partial charge in [-0.1, -0.05) is 0 Å². The first-order valence-corrected chi connectivity index (χ1v) is 5.55. The van der Waals surface area contributed by atoms with E-state index in [1.807, 2.05) is 6.92 Å². The zero-order valence-electron chi connectivity index (χ0n) is 10.3. The van der Waals surface area contributed by atoms with Crippen molar-refractivity contribution in [2.45, 2.75) is 26.8 Å². The van der Waals surface area contributed by atoms with E-state index in [0.717, 1.165) is 0 Å². The summed E-state index contributed by atoms with van der Waals surface area (Å²) in [6, 6.07) is -0.471. The second-order valence-corrected chi connectivity index (χ2v) is 3.29. The number of nitrogens with zero attached hydrogens (tertiary/aromatic N) is 2. The van der Waals surface area contributed by atoms with E-state index >= 15 is 0 Å². The van der Waals surface area contributed by atoms with E-state index < -0.39 is 6.04 Å². The molecule has 0 aromatic carbocycles. The Bertz CT molecular complexity index is 371. The van der Waals surface area contributed by atoms with Gasteiger partial charge in [-0.25, -0.2) is 4.79 Å². The van der Waals surface area contributed by atoms with Crippen LogP contribution < -0.4 is 10.1 Å². The molecule has 0 aliphatic rings. The number of carbonyl (C=O) groups excluding carboxylic acids is 1. The van der Waals surface area contributed by atoms with Gasteiger partial charge in [0.1, 0.15) is 11.9 Å². The lowest BCUT2D eigenvalue weighted by atomic mass is 10.3. The van der Waals surface area contributed by atoms with Crippen molar-refractivity contribution in [3.63, 3.8) is 0 Å². The molecule has 1 atom stereocenters. The van der Waals surface area contributed by atoms with Crippen molar-refractivity contribution >= 4 is 11.8 Å². The van der Waals surface area contributed by atoms with Crippen LogP contribution in [-0.4, -0.2) is 35.2 Å². The Kier molecular flexibility index (Phi) is 5.19. The molecule has 0 saturated heterocycles. The summed E-state index contributed by atoms with van der Waals surface area (Å²) in [6.45, 7) is 6.21. The van der Waals surface area contributed by atoms with E-state index in [9.17, 15) is 4.79 Å². The summed E-state index contributed by atoms with van der Waals surface area (Å²) < 4.78 is 10.1. The molecule has 94 valence electrons. The second-order valence-electron chi connectivity index (χ2n) is 3.29. The highest BCUT2D eigenvalue weighted by Gasteiger charge is 2.14. The minimum absolute atomic E-state index is 0.323.